The highest BCUT2D eigenvalue weighted by molar-refractivity contribution is 5.36. The van der Waals surface area contributed by atoms with Gasteiger partial charge in [0, 0.05) is 5.92 Å². The zero-order valence-electron chi connectivity index (χ0n) is 6.88. The van der Waals surface area contributed by atoms with Gasteiger partial charge in [-0.2, -0.15) is 5.26 Å². The molecule has 3 nitrogen and oxygen atoms in total. The van der Waals surface area contributed by atoms with Crippen LogP contribution in [0, 0.1) is 18.3 Å². The minimum Gasteiger partial charge on any atom is -0.360 e. The van der Waals surface area contributed by atoms with E-state index >= 15 is 0 Å². The monoisotopic (exact) mass is 150 g/mol. The van der Waals surface area contributed by atoms with Gasteiger partial charge in [-0.25, -0.2) is 0 Å². The highest BCUT2D eigenvalue weighted by Crippen LogP contribution is 2.19. The predicted molar refractivity (Wildman–Crippen MR) is 40.0 cm³/mol. The molecule has 3 heteroatoms. The van der Waals surface area contributed by atoms with Gasteiger partial charge in [-0.15, -0.1) is 0 Å². The maximum absolute atomic E-state index is 8.69. The van der Waals surface area contributed by atoms with Crippen LogP contribution in [-0.2, 0) is 0 Å². The Morgan fingerprint density at radius 1 is 1.55 bits per heavy atom. The van der Waals surface area contributed by atoms with Crippen molar-refractivity contribution < 1.29 is 4.52 Å². The van der Waals surface area contributed by atoms with E-state index in [1.54, 1.807) is 6.92 Å². The molecule has 1 aromatic heterocycles. The van der Waals surface area contributed by atoms with Crippen LogP contribution in [0.1, 0.15) is 36.8 Å². The maximum atomic E-state index is 8.69. The summed E-state index contributed by atoms with van der Waals surface area (Å²) in [4.78, 5) is 0. The molecule has 0 saturated heterocycles. The van der Waals surface area contributed by atoms with Crippen LogP contribution in [-0.4, -0.2) is 5.16 Å². The molecule has 0 aliphatic heterocycles. The number of aromatic nitrogens is 1. The van der Waals surface area contributed by atoms with Gasteiger partial charge in [0.2, 0.25) is 0 Å². The molecule has 1 rings (SSSR count). The third-order valence-corrected chi connectivity index (χ3v) is 1.55. The zero-order chi connectivity index (χ0) is 8.43. The largest absolute Gasteiger partial charge is 0.360 e. The Balaban J connectivity index is 3.19. The second kappa shape index (κ2) is 2.75. The first-order valence-corrected chi connectivity index (χ1v) is 3.53. The number of hydrogen-bond acceptors (Lipinski definition) is 3. The van der Waals surface area contributed by atoms with E-state index in [-0.39, 0.29) is 5.92 Å². The fourth-order valence-electron chi connectivity index (χ4n) is 0.919. The first kappa shape index (κ1) is 7.80. The summed E-state index contributed by atoms with van der Waals surface area (Å²) < 4.78 is 4.88. The quantitative estimate of drug-likeness (QED) is 0.615. The van der Waals surface area contributed by atoms with Crippen molar-refractivity contribution >= 4 is 0 Å². The molecular formula is C8H10N2O. The molecule has 0 aromatic carbocycles. The van der Waals surface area contributed by atoms with E-state index in [0.29, 0.717) is 11.3 Å². The van der Waals surface area contributed by atoms with Crippen molar-refractivity contribution in [2.45, 2.75) is 26.7 Å². The molecule has 0 radical (unpaired) electrons. The van der Waals surface area contributed by atoms with Crippen LogP contribution in [0.25, 0.3) is 0 Å². The lowest BCUT2D eigenvalue weighted by molar-refractivity contribution is 0.387. The smallest absolute Gasteiger partial charge is 0.151 e. The molecule has 11 heavy (non-hydrogen) atoms. The lowest BCUT2D eigenvalue weighted by Crippen LogP contribution is -1.90. The average Bonchev–Trinajstić information content (AvgIpc) is 2.30. The Morgan fingerprint density at radius 3 is 2.55 bits per heavy atom. The first-order valence-electron chi connectivity index (χ1n) is 3.53. The maximum Gasteiger partial charge on any atom is 0.151 e. The molecule has 0 aliphatic rings. The molecule has 0 aliphatic carbocycles. The van der Waals surface area contributed by atoms with E-state index in [2.05, 4.69) is 11.2 Å². The van der Waals surface area contributed by atoms with Crippen molar-refractivity contribution in [3.05, 3.63) is 17.0 Å². The van der Waals surface area contributed by atoms with Crippen LogP contribution in [0.15, 0.2) is 4.52 Å². The van der Waals surface area contributed by atoms with Crippen molar-refractivity contribution in [1.82, 2.24) is 5.16 Å². The van der Waals surface area contributed by atoms with Crippen LogP contribution in [0.4, 0.5) is 0 Å². The third-order valence-electron chi connectivity index (χ3n) is 1.55. The van der Waals surface area contributed by atoms with Crippen molar-refractivity contribution in [3.63, 3.8) is 0 Å². The minimum absolute atomic E-state index is 0.252. The van der Waals surface area contributed by atoms with Gasteiger partial charge in [0.05, 0.1) is 0 Å². The number of nitrogens with zero attached hydrogens (tertiary/aromatic N) is 2. The Hall–Kier alpha value is -1.30. The number of hydrogen-bond donors (Lipinski definition) is 0. The average molecular weight is 150 g/mol. The van der Waals surface area contributed by atoms with Gasteiger partial charge < -0.3 is 4.52 Å². The topological polar surface area (TPSA) is 49.8 Å². The van der Waals surface area contributed by atoms with Crippen molar-refractivity contribution in [1.29, 1.82) is 5.26 Å². The van der Waals surface area contributed by atoms with E-state index in [1.807, 2.05) is 13.8 Å². The summed E-state index contributed by atoms with van der Waals surface area (Å²) in [6.45, 7) is 5.72. The van der Waals surface area contributed by atoms with Gasteiger partial charge in [-0.1, -0.05) is 19.0 Å². The third kappa shape index (κ3) is 1.25. The molecule has 1 heterocycles. The molecule has 0 spiro atoms. The summed E-state index contributed by atoms with van der Waals surface area (Å²) in [6.07, 6.45) is 0. The predicted octanol–water partition coefficient (Wildman–Crippen LogP) is 1.98. The summed E-state index contributed by atoms with van der Waals surface area (Å²) in [5, 5.41) is 12.5. The summed E-state index contributed by atoms with van der Waals surface area (Å²) in [6, 6.07) is 2.07. The molecule has 0 amide bonds. The van der Waals surface area contributed by atoms with Crippen LogP contribution < -0.4 is 0 Å². The lowest BCUT2D eigenvalue weighted by Gasteiger charge is -1.96. The van der Waals surface area contributed by atoms with Gasteiger partial charge >= 0.3 is 0 Å². The number of aryl methyl sites for hydroxylation is 1. The second-order valence-corrected chi connectivity index (χ2v) is 2.77. The molecule has 0 saturated carbocycles. The van der Waals surface area contributed by atoms with Gasteiger partial charge in [0.15, 0.2) is 5.76 Å². The van der Waals surface area contributed by atoms with Crippen molar-refractivity contribution in [2.24, 2.45) is 0 Å². The van der Waals surface area contributed by atoms with E-state index in [9.17, 15) is 0 Å². The highest BCUT2D eigenvalue weighted by atomic mass is 16.5. The van der Waals surface area contributed by atoms with Gasteiger partial charge in [0.25, 0.3) is 0 Å². The molecule has 0 unspecified atom stereocenters. The van der Waals surface area contributed by atoms with E-state index in [1.165, 1.54) is 0 Å². The van der Waals surface area contributed by atoms with Crippen molar-refractivity contribution in [2.75, 3.05) is 0 Å². The SMILES string of the molecule is Cc1onc(C(C)C)c1C#N. The van der Waals surface area contributed by atoms with Crippen LogP contribution in [0.3, 0.4) is 0 Å². The van der Waals surface area contributed by atoms with E-state index < -0.39 is 0 Å². The molecule has 0 bridgehead atoms. The molecular weight excluding hydrogens is 140 g/mol. The summed E-state index contributed by atoms with van der Waals surface area (Å²) in [5.74, 6) is 0.860. The Labute approximate surface area is 65.6 Å². The second-order valence-electron chi connectivity index (χ2n) is 2.77. The fraction of sp³-hybridized carbons (Fsp3) is 0.500. The van der Waals surface area contributed by atoms with E-state index in [4.69, 9.17) is 9.78 Å². The van der Waals surface area contributed by atoms with E-state index in [0.717, 1.165) is 5.69 Å². The first-order chi connectivity index (χ1) is 5.16. The molecule has 0 atom stereocenters. The summed E-state index contributed by atoms with van der Waals surface area (Å²) in [5.41, 5.74) is 1.34. The molecule has 58 valence electrons. The standard InChI is InChI=1S/C8H10N2O/c1-5(2)8-7(4-9)6(3)11-10-8/h5H,1-3H3. The lowest BCUT2D eigenvalue weighted by atomic mass is 10.1. The zero-order valence-corrected chi connectivity index (χ0v) is 6.88. The molecule has 0 N–H and O–H groups in total. The summed E-state index contributed by atoms with van der Waals surface area (Å²) in [7, 11) is 0. The van der Waals surface area contributed by atoms with Crippen LogP contribution in [0.5, 0.6) is 0 Å². The fourth-order valence-corrected chi connectivity index (χ4v) is 0.919. The molecule has 1 aromatic rings. The molecule has 0 fully saturated rings. The minimum atomic E-state index is 0.252. The van der Waals surface area contributed by atoms with Gasteiger partial charge in [0.1, 0.15) is 17.3 Å². The van der Waals surface area contributed by atoms with Gasteiger partial charge in [-0.3, -0.25) is 0 Å². The Bertz CT molecular complexity index is 294. The number of rotatable bonds is 1. The summed E-state index contributed by atoms with van der Waals surface area (Å²) >= 11 is 0. The normalized spacial score (nSPS) is 10.1. The Kier molecular flexibility index (Phi) is 1.95. The number of nitriles is 1. The van der Waals surface area contributed by atoms with Gasteiger partial charge in [-0.05, 0) is 6.92 Å². The highest BCUT2D eigenvalue weighted by Gasteiger charge is 2.14. The van der Waals surface area contributed by atoms with Crippen LogP contribution >= 0.6 is 0 Å². The van der Waals surface area contributed by atoms with Crippen molar-refractivity contribution in [3.8, 4) is 6.07 Å². The Morgan fingerprint density at radius 2 is 2.18 bits per heavy atom. The van der Waals surface area contributed by atoms with Crippen LogP contribution in [0.2, 0.25) is 0 Å².